The molecule has 0 fully saturated rings. The van der Waals surface area contributed by atoms with E-state index < -0.39 is 5.97 Å². The fraction of sp³-hybridized carbons (Fsp3) is 0.875. The molecule has 5 nitrogen and oxygen atoms in total. The first-order chi connectivity index (χ1) is 5.92. The highest BCUT2D eigenvalue weighted by atomic mass is 17.2. The van der Waals surface area contributed by atoms with Crippen LogP contribution >= 0.6 is 0 Å². The average molecular weight is 192 g/mol. The Hall–Kier alpha value is -0.650. The van der Waals surface area contributed by atoms with Crippen LogP contribution in [-0.4, -0.2) is 24.8 Å². The summed E-state index contributed by atoms with van der Waals surface area (Å²) in [6.07, 6.45) is 0. The molecule has 0 aromatic heterocycles. The molecule has 0 N–H and O–H groups in total. The van der Waals surface area contributed by atoms with Gasteiger partial charge in [-0.1, -0.05) is 0 Å². The maximum Gasteiger partial charge on any atom is 0.339 e. The molecule has 0 aliphatic rings. The molecule has 0 rings (SSSR count). The van der Waals surface area contributed by atoms with Crippen LogP contribution in [0.2, 0.25) is 0 Å². The van der Waals surface area contributed by atoms with Crippen LogP contribution in [0.5, 0.6) is 0 Å². The largest absolute Gasteiger partial charge is 0.339 e. The van der Waals surface area contributed by atoms with Crippen molar-refractivity contribution in [1.82, 2.24) is 0 Å². The highest BCUT2D eigenvalue weighted by Gasteiger charge is 2.10. The fourth-order valence-electron chi connectivity index (χ4n) is 0.411. The van der Waals surface area contributed by atoms with E-state index in [0.29, 0.717) is 0 Å². The Morgan fingerprint density at radius 1 is 1.15 bits per heavy atom. The van der Waals surface area contributed by atoms with Gasteiger partial charge in [-0.15, -0.1) is 0 Å². The molecular formula is C8H16O5. The zero-order valence-corrected chi connectivity index (χ0v) is 8.46. The quantitative estimate of drug-likeness (QED) is 0.372. The molecule has 0 aliphatic heterocycles. The summed E-state index contributed by atoms with van der Waals surface area (Å²) in [7, 11) is 0. The summed E-state index contributed by atoms with van der Waals surface area (Å²) in [5.41, 5.74) is -0.346. The summed E-state index contributed by atoms with van der Waals surface area (Å²) in [5.74, 6) is -0.489. The van der Waals surface area contributed by atoms with Gasteiger partial charge in [-0.2, -0.15) is 4.89 Å². The molecule has 5 heteroatoms. The molecule has 0 spiro atoms. The molecule has 78 valence electrons. The maximum atomic E-state index is 10.2. The molecule has 0 saturated carbocycles. The summed E-state index contributed by atoms with van der Waals surface area (Å²) in [4.78, 5) is 28.6. The highest BCUT2D eigenvalue weighted by Crippen LogP contribution is 2.06. The summed E-state index contributed by atoms with van der Waals surface area (Å²) in [5, 5.41) is 0. The summed E-state index contributed by atoms with van der Waals surface area (Å²) in [6.45, 7) is 7.20. The lowest BCUT2D eigenvalue weighted by atomic mass is 10.2. The minimum Gasteiger partial charge on any atom is -0.299 e. The van der Waals surface area contributed by atoms with Crippen LogP contribution in [0.1, 0.15) is 27.7 Å². The van der Waals surface area contributed by atoms with E-state index in [1.807, 2.05) is 20.8 Å². The minimum absolute atomic E-state index is 0.148. The minimum atomic E-state index is -0.489. The maximum absolute atomic E-state index is 10.2. The molecule has 0 aromatic rings. The summed E-state index contributed by atoms with van der Waals surface area (Å²) >= 11 is 0. The lowest BCUT2D eigenvalue weighted by molar-refractivity contribution is -0.365. The Morgan fingerprint density at radius 2 is 1.69 bits per heavy atom. The van der Waals surface area contributed by atoms with Crippen molar-refractivity contribution in [3.8, 4) is 0 Å². The lowest BCUT2D eigenvalue weighted by Crippen LogP contribution is -2.20. The Morgan fingerprint density at radius 3 is 2.15 bits per heavy atom. The molecular weight excluding hydrogens is 176 g/mol. The van der Waals surface area contributed by atoms with E-state index in [-0.39, 0.29) is 18.8 Å². The van der Waals surface area contributed by atoms with Gasteiger partial charge in [0.25, 0.3) is 0 Å². The number of hydrogen-bond donors (Lipinski definition) is 0. The van der Waals surface area contributed by atoms with E-state index in [4.69, 9.17) is 9.78 Å². The van der Waals surface area contributed by atoms with Crippen LogP contribution in [0, 0.1) is 0 Å². The van der Waals surface area contributed by atoms with Crippen LogP contribution in [0.3, 0.4) is 0 Å². The van der Waals surface area contributed by atoms with Gasteiger partial charge in [0.2, 0.25) is 0 Å². The van der Waals surface area contributed by atoms with Crippen molar-refractivity contribution in [2.24, 2.45) is 0 Å². The van der Waals surface area contributed by atoms with Gasteiger partial charge >= 0.3 is 5.97 Å². The van der Waals surface area contributed by atoms with Gasteiger partial charge in [-0.05, 0) is 20.8 Å². The Labute approximate surface area is 77.8 Å². The smallest absolute Gasteiger partial charge is 0.299 e. The van der Waals surface area contributed by atoms with Crippen LogP contribution in [-0.2, 0) is 24.3 Å². The van der Waals surface area contributed by atoms with E-state index >= 15 is 0 Å². The van der Waals surface area contributed by atoms with Crippen molar-refractivity contribution >= 4 is 5.97 Å². The van der Waals surface area contributed by atoms with E-state index in [1.54, 1.807) is 0 Å². The third kappa shape index (κ3) is 11.3. The second kappa shape index (κ2) is 5.90. The molecule has 0 unspecified atom stereocenters. The SMILES string of the molecule is CC(=O)OOCCOOC(C)(C)C. The van der Waals surface area contributed by atoms with Crippen LogP contribution in [0.4, 0.5) is 0 Å². The molecule has 13 heavy (non-hydrogen) atoms. The average Bonchev–Trinajstić information content (AvgIpc) is 1.93. The highest BCUT2D eigenvalue weighted by molar-refractivity contribution is 5.65. The van der Waals surface area contributed by atoms with Crippen LogP contribution in [0.25, 0.3) is 0 Å². The lowest BCUT2D eigenvalue weighted by Gasteiger charge is -2.16. The zero-order valence-electron chi connectivity index (χ0n) is 8.46. The molecule has 0 aromatic carbocycles. The molecule has 0 saturated heterocycles. The van der Waals surface area contributed by atoms with Crippen molar-refractivity contribution in [2.75, 3.05) is 13.2 Å². The Bertz CT molecular complexity index is 149. The Kier molecular flexibility index (Phi) is 5.61. The van der Waals surface area contributed by atoms with Gasteiger partial charge in [-0.3, -0.25) is 4.89 Å². The van der Waals surface area contributed by atoms with Gasteiger partial charge in [0.1, 0.15) is 13.2 Å². The van der Waals surface area contributed by atoms with E-state index in [2.05, 4.69) is 9.78 Å². The Balaban J connectivity index is 3.13. The first-order valence-electron chi connectivity index (χ1n) is 4.02. The van der Waals surface area contributed by atoms with Crippen molar-refractivity contribution in [2.45, 2.75) is 33.3 Å². The predicted molar refractivity (Wildman–Crippen MR) is 44.5 cm³/mol. The van der Waals surface area contributed by atoms with Gasteiger partial charge in [-0.25, -0.2) is 14.6 Å². The first-order valence-corrected chi connectivity index (χ1v) is 4.02. The molecule has 0 amide bonds. The number of rotatable bonds is 5. The molecule has 0 heterocycles. The zero-order chi connectivity index (χ0) is 10.3. The number of hydrogen-bond acceptors (Lipinski definition) is 5. The third-order valence-corrected chi connectivity index (χ3v) is 0.735. The molecule has 0 bridgehead atoms. The summed E-state index contributed by atoms with van der Waals surface area (Å²) in [6, 6.07) is 0. The topological polar surface area (TPSA) is 54.0 Å². The van der Waals surface area contributed by atoms with Crippen molar-refractivity contribution < 1.29 is 24.3 Å². The standard InChI is InChI=1S/C8H16O5/c1-7(9)12-10-5-6-11-13-8(2,3)4/h5-6H2,1-4H3. The number of carbonyl (C=O) groups is 1. The van der Waals surface area contributed by atoms with Gasteiger partial charge in [0.15, 0.2) is 0 Å². The van der Waals surface area contributed by atoms with Crippen molar-refractivity contribution in [3.05, 3.63) is 0 Å². The second-order valence-electron chi connectivity index (χ2n) is 3.41. The predicted octanol–water partition coefficient (Wildman–Crippen LogP) is 1.23. The molecule has 0 atom stereocenters. The second-order valence-corrected chi connectivity index (χ2v) is 3.41. The molecule has 0 aliphatic carbocycles. The number of carbonyl (C=O) groups excluding carboxylic acids is 1. The fourth-order valence-corrected chi connectivity index (χ4v) is 0.411. The third-order valence-electron chi connectivity index (χ3n) is 0.735. The normalized spacial score (nSPS) is 11.4. The van der Waals surface area contributed by atoms with E-state index in [1.165, 1.54) is 6.92 Å². The van der Waals surface area contributed by atoms with Gasteiger partial charge in [0.05, 0.1) is 5.60 Å². The van der Waals surface area contributed by atoms with Crippen LogP contribution in [0.15, 0.2) is 0 Å². The van der Waals surface area contributed by atoms with Crippen molar-refractivity contribution in [3.63, 3.8) is 0 Å². The van der Waals surface area contributed by atoms with E-state index in [0.717, 1.165) is 0 Å². The van der Waals surface area contributed by atoms with Crippen LogP contribution < -0.4 is 0 Å². The summed E-state index contributed by atoms with van der Waals surface area (Å²) < 4.78 is 0. The van der Waals surface area contributed by atoms with Crippen molar-refractivity contribution in [1.29, 1.82) is 0 Å². The monoisotopic (exact) mass is 192 g/mol. The first kappa shape index (κ1) is 12.3. The van der Waals surface area contributed by atoms with Gasteiger partial charge in [0, 0.05) is 6.92 Å². The van der Waals surface area contributed by atoms with Gasteiger partial charge < -0.3 is 0 Å². The molecule has 0 radical (unpaired) electrons. The van der Waals surface area contributed by atoms with E-state index in [9.17, 15) is 4.79 Å².